The molecule has 27 heavy (non-hydrogen) atoms. The summed E-state index contributed by atoms with van der Waals surface area (Å²) in [4.78, 5) is 13.9. The Labute approximate surface area is 163 Å². The standard InChI is InChI=1S/C22H35NO4/c1-21(2,3)20(24)27-16-26-18-11-9-17(10-12-18)19(15-23(4)5)22(25)13-7-6-8-14-22/h9-12,19,25H,6-8,13-16H2,1-5H3. The molecule has 1 atom stereocenters. The lowest BCUT2D eigenvalue weighted by atomic mass is 9.72. The zero-order valence-electron chi connectivity index (χ0n) is 17.5. The molecular weight excluding hydrogens is 342 g/mol. The van der Waals surface area contributed by atoms with Gasteiger partial charge in [-0.05, 0) is 65.4 Å². The summed E-state index contributed by atoms with van der Waals surface area (Å²) < 4.78 is 10.7. The minimum atomic E-state index is -0.646. The molecule has 0 heterocycles. The number of hydrogen-bond donors (Lipinski definition) is 1. The highest BCUT2D eigenvalue weighted by Gasteiger charge is 2.38. The van der Waals surface area contributed by atoms with Gasteiger partial charge in [-0.2, -0.15) is 0 Å². The molecule has 0 radical (unpaired) electrons. The lowest BCUT2D eigenvalue weighted by Gasteiger charge is -2.40. The van der Waals surface area contributed by atoms with Crippen molar-refractivity contribution in [2.24, 2.45) is 5.41 Å². The van der Waals surface area contributed by atoms with Gasteiger partial charge in [0.25, 0.3) is 0 Å². The molecule has 0 amide bonds. The third-order valence-corrected chi connectivity index (χ3v) is 5.23. The molecule has 0 bridgehead atoms. The maximum absolute atomic E-state index is 11.8. The molecule has 5 nitrogen and oxygen atoms in total. The van der Waals surface area contributed by atoms with Gasteiger partial charge in [0, 0.05) is 12.5 Å². The lowest BCUT2D eigenvalue weighted by molar-refractivity contribution is -0.159. The van der Waals surface area contributed by atoms with Crippen LogP contribution in [-0.4, -0.2) is 49.0 Å². The van der Waals surface area contributed by atoms with Crippen LogP contribution in [0.25, 0.3) is 0 Å². The monoisotopic (exact) mass is 377 g/mol. The lowest BCUT2D eigenvalue weighted by Crippen LogP contribution is -2.42. The van der Waals surface area contributed by atoms with Gasteiger partial charge < -0.3 is 19.5 Å². The van der Waals surface area contributed by atoms with Crippen LogP contribution >= 0.6 is 0 Å². The summed E-state index contributed by atoms with van der Waals surface area (Å²) in [6.07, 6.45) is 5.08. The normalized spacial score (nSPS) is 18.2. The number of carbonyl (C=O) groups is 1. The molecule has 1 aliphatic carbocycles. The topological polar surface area (TPSA) is 59.0 Å². The summed E-state index contributed by atoms with van der Waals surface area (Å²) in [5.74, 6) is 0.435. The van der Waals surface area contributed by atoms with E-state index in [1.807, 2.05) is 59.1 Å². The molecular formula is C22H35NO4. The molecule has 152 valence electrons. The molecule has 0 spiro atoms. The fourth-order valence-electron chi connectivity index (χ4n) is 3.63. The number of benzene rings is 1. The molecule has 1 fully saturated rings. The molecule has 2 rings (SSSR count). The van der Waals surface area contributed by atoms with E-state index in [1.54, 1.807) is 0 Å². The van der Waals surface area contributed by atoms with Crippen molar-refractivity contribution < 1.29 is 19.4 Å². The Morgan fingerprint density at radius 2 is 1.74 bits per heavy atom. The van der Waals surface area contributed by atoms with Crippen molar-refractivity contribution in [3.63, 3.8) is 0 Å². The zero-order valence-corrected chi connectivity index (χ0v) is 17.5. The van der Waals surface area contributed by atoms with Gasteiger partial charge in [-0.15, -0.1) is 0 Å². The second-order valence-electron chi connectivity index (χ2n) is 8.99. The molecule has 5 heteroatoms. The molecule has 0 aliphatic heterocycles. The first kappa shape index (κ1) is 21.7. The quantitative estimate of drug-likeness (QED) is 0.576. The van der Waals surface area contributed by atoms with Gasteiger partial charge in [0.2, 0.25) is 6.79 Å². The molecule has 1 saturated carbocycles. The van der Waals surface area contributed by atoms with Crippen LogP contribution in [0.5, 0.6) is 5.75 Å². The first-order valence-corrected chi connectivity index (χ1v) is 9.89. The van der Waals surface area contributed by atoms with E-state index < -0.39 is 11.0 Å². The third kappa shape index (κ3) is 6.22. The highest BCUT2D eigenvalue weighted by Crippen LogP contribution is 2.40. The van der Waals surface area contributed by atoms with Crippen LogP contribution in [0.3, 0.4) is 0 Å². The van der Waals surface area contributed by atoms with E-state index in [2.05, 4.69) is 4.90 Å². The Morgan fingerprint density at radius 3 is 2.26 bits per heavy atom. The number of rotatable bonds is 7. The van der Waals surface area contributed by atoms with Gasteiger partial charge in [-0.3, -0.25) is 4.79 Å². The minimum absolute atomic E-state index is 0.0700. The largest absolute Gasteiger partial charge is 0.457 e. The molecule has 1 N–H and O–H groups in total. The van der Waals surface area contributed by atoms with Crippen LogP contribution in [0.15, 0.2) is 24.3 Å². The van der Waals surface area contributed by atoms with Gasteiger partial charge >= 0.3 is 5.97 Å². The highest BCUT2D eigenvalue weighted by molar-refractivity contribution is 5.75. The van der Waals surface area contributed by atoms with E-state index in [4.69, 9.17) is 9.47 Å². The average Bonchev–Trinajstić information content (AvgIpc) is 2.60. The van der Waals surface area contributed by atoms with Gasteiger partial charge in [0.05, 0.1) is 11.0 Å². The molecule has 1 aliphatic rings. The van der Waals surface area contributed by atoms with Crippen LogP contribution in [0.4, 0.5) is 0 Å². The number of hydrogen-bond acceptors (Lipinski definition) is 5. The molecule has 0 aromatic heterocycles. The minimum Gasteiger partial charge on any atom is -0.457 e. The predicted octanol–water partition coefficient (Wildman–Crippen LogP) is 3.95. The summed E-state index contributed by atoms with van der Waals surface area (Å²) in [5.41, 5.74) is -0.0676. The predicted molar refractivity (Wildman–Crippen MR) is 107 cm³/mol. The van der Waals surface area contributed by atoms with E-state index in [-0.39, 0.29) is 18.7 Å². The Morgan fingerprint density at radius 1 is 1.15 bits per heavy atom. The number of likely N-dealkylation sites (N-methyl/N-ethyl adjacent to an activating group) is 1. The summed E-state index contributed by atoms with van der Waals surface area (Å²) in [6, 6.07) is 7.80. The second-order valence-corrected chi connectivity index (χ2v) is 8.99. The SMILES string of the molecule is CN(C)CC(c1ccc(OCOC(=O)C(C)(C)C)cc1)C1(O)CCCCC1. The van der Waals surface area contributed by atoms with Crippen LogP contribution in [0, 0.1) is 5.41 Å². The van der Waals surface area contributed by atoms with Gasteiger partial charge in [0.15, 0.2) is 0 Å². The van der Waals surface area contributed by atoms with Crippen molar-refractivity contribution >= 4 is 5.97 Å². The van der Waals surface area contributed by atoms with Crippen molar-refractivity contribution in [2.45, 2.75) is 64.4 Å². The fourth-order valence-corrected chi connectivity index (χ4v) is 3.63. The second kappa shape index (κ2) is 9.07. The maximum Gasteiger partial charge on any atom is 0.314 e. The number of aliphatic hydroxyl groups is 1. The van der Waals surface area contributed by atoms with E-state index >= 15 is 0 Å². The maximum atomic E-state index is 11.8. The average molecular weight is 378 g/mol. The number of esters is 1. The summed E-state index contributed by atoms with van der Waals surface area (Å²) in [5, 5.41) is 11.3. The van der Waals surface area contributed by atoms with Gasteiger partial charge in [-0.25, -0.2) is 0 Å². The number of ether oxygens (including phenoxy) is 2. The van der Waals surface area contributed by atoms with Gasteiger partial charge in [-0.1, -0.05) is 31.4 Å². The van der Waals surface area contributed by atoms with Crippen LogP contribution in [0.2, 0.25) is 0 Å². The van der Waals surface area contributed by atoms with E-state index in [0.717, 1.165) is 37.8 Å². The van der Waals surface area contributed by atoms with Crippen LogP contribution in [0.1, 0.15) is 64.4 Å². The van der Waals surface area contributed by atoms with Crippen molar-refractivity contribution in [2.75, 3.05) is 27.4 Å². The first-order valence-electron chi connectivity index (χ1n) is 9.89. The van der Waals surface area contributed by atoms with Crippen molar-refractivity contribution in [3.8, 4) is 5.75 Å². The summed E-state index contributed by atoms with van der Waals surface area (Å²) in [7, 11) is 4.08. The number of nitrogens with zero attached hydrogens (tertiary/aromatic N) is 1. The van der Waals surface area contributed by atoms with Crippen molar-refractivity contribution in [3.05, 3.63) is 29.8 Å². The molecule has 1 aromatic rings. The first-order chi connectivity index (χ1) is 12.6. The molecule has 1 unspecified atom stereocenters. The Hall–Kier alpha value is -1.59. The number of carbonyl (C=O) groups excluding carboxylic acids is 1. The van der Waals surface area contributed by atoms with Crippen molar-refractivity contribution in [1.29, 1.82) is 0 Å². The van der Waals surface area contributed by atoms with E-state index in [0.29, 0.717) is 5.75 Å². The summed E-state index contributed by atoms with van der Waals surface area (Å²) >= 11 is 0. The summed E-state index contributed by atoms with van der Waals surface area (Å²) in [6.45, 7) is 6.14. The Kier molecular flexibility index (Phi) is 7.29. The third-order valence-electron chi connectivity index (χ3n) is 5.23. The van der Waals surface area contributed by atoms with Crippen LogP contribution < -0.4 is 4.74 Å². The van der Waals surface area contributed by atoms with Gasteiger partial charge in [0.1, 0.15) is 5.75 Å². The van der Waals surface area contributed by atoms with E-state index in [9.17, 15) is 9.90 Å². The van der Waals surface area contributed by atoms with Crippen LogP contribution in [-0.2, 0) is 9.53 Å². The van der Waals surface area contributed by atoms with Crippen molar-refractivity contribution in [1.82, 2.24) is 4.90 Å². The fraction of sp³-hybridized carbons (Fsp3) is 0.682. The Bertz CT molecular complexity index is 598. The smallest absolute Gasteiger partial charge is 0.314 e. The highest BCUT2D eigenvalue weighted by atomic mass is 16.7. The molecule has 1 aromatic carbocycles. The molecule has 0 saturated heterocycles. The van der Waals surface area contributed by atoms with E-state index in [1.165, 1.54) is 6.42 Å². The zero-order chi connectivity index (χ0) is 20.1. The Balaban J connectivity index is 2.03.